The van der Waals surface area contributed by atoms with Gasteiger partial charge in [0.2, 0.25) is 11.6 Å². The highest BCUT2D eigenvalue weighted by Gasteiger charge is 2.81. The summed E-state index contributed by atoms with van der Waals surface area (Å²) in [4.78, 5) is 0. The standard InChI is InChI=1S/C23H32F2O5/c1-20-6-5-14(26)11-13(20)3-4-15-16-12-17(24)23(29-9-10-30-23)21(16,2)19(25)22(18(15)20)27-7-8-28-22/h3,14-19,26H,4-12H2,1-2H3/t14-,15?,16?,17+,18?,19?,20-,21+/m0/s1. The molecule has 0 aromatic rings. The third kappa shape index (κ3) is 2.10. The second-order valence-electron chi connectivity index (χ2n) is 10.7. The molecule has 6 aliphatic rings. The summed E-state index contributed by atoms with van der Waals surface area (Å²) >= 11 is 0. The number of hydrogen-bond acceptors (Lipinski definition) is 5. The van der Waals surface area contributed by atoms with Gasteiger partial charge in [-0.2, -0.15) is 0 Å². The lowest BCUT2D eigenvalue weighted by Crippen LogP contribution is -2.72. The minimum atomic E-state index is -1.57. The lowest BCUT2D eigenvalue weighted by atomic mass is 9.45. The molecule has 0 radical (unpaired) electrons. The van der Waals surface area contributed by atoms with Crippen LogP contribution < -0.4 is 0 Å². The van der Waals surface area contributed by atoms with Crippen LogP contribution in [-0.4, -0.2) is 61.6 Å². The van der Waals surface area contributed by atoms with Crippen molar-refractivity contribution in [1.82, 2.24) is 0 Å². The Hall–Kier alpha value is -0.600. The molecule has 2 aliphatic heterocycles. The van der Waals surface area contributed by atoms with Gasteiger partial charge in [0.15, 0.2) is 12.3 Å². The molecule has 0 bridgehead atoms. The summed E-state index contributed by atoms with van der Waals surface area (Å²) in [5.74, 6) is -3.45. The van der Waals surface area contributed by atoms with Gasteiger partial charge < -0.3 is 24.1 Å². The molecule has 0 aromatic carbocycles. The van der Waals surface area contributed by atoms with Gasteiger partial charge in [0.1, 0.15) is 0 Å². The van der Waals surface area contributed by atoms with Crippen molar-refractivity contribution in [1.29, 1.82) is 0 Å². The van der Waals surface area contributed by atoms with Gasteiger partial charge in [-0.3, -0.25) is 0 Å². The maximum Gasteiger partial charge on any atom is 0.208 e. The SMILES string of the molecule is C[C@]12C(C[C@@H](F)C13OCCO3)C1CC=C3C[C@@H](O)CC[C@]3(C)C1C1(OCCO1)C2F. The van der Waals surface area contributed by atoms with E-state index in [1.165, 1.54) is 5.57 Å². The topological polar surface area (TPSA) is 57.2 Å². The first kappa shape index (κ1) is 20.0. The predicted octanol–water partition coefficient (Wildman–Crippen LogP) is 3.30. The van der Waals surface area contributed by atoms with E-state index in [0.29, 0.717) is 32.5 Å². The van der Waals surface area contributed by atoms with Crippen molar-refractivity contribution < 1.29 is 32.8 Å². The molecule has 2 saturated heterocycles. The zero-order chi connectivity index (χ0) is 20.9. The molecule has 0 amide bonds. The van der Waals surface area contributed by atoms with E-state index in [-0.39, 0.29) is 48.9 Å². The van der Waals surface area contributed by atoms with E-state index < -0.39 is 29.3 Å². The Labute approximate surface area is 176 Å². The number of fused-ring (bicyclic) bond motifs is 7. The van der Waals surface area contributed by atoms with Gasteiger partial charge in [-0.05, 0) is 49.4 Å². The summed E-state index contributed by atoms with van der Waals surface area (Å²) in [5, 5.41) is 10.3. The van der Waals surface area contributed by atoms with Crippen LogP contribution in [0.15, 0.2) is 11.6 Å². The zero-order valence-corrected chi connectivity index (χ0v) is 17.7. The molecular weight excluding hydrogens is 394 g/mol. The van der Waals surface area contributed by atoms with Crippen molar-refractivity contribution in [2.75, 3.05) is 26.4 Å². The van der Waals surface area contributed by atoms with E-state index in [2.05, 4.69) is 13.0 Å². The maximum atomic E-state index is 16.9. The lowest BCUT2D eigenvalue weighted by Gasteiger charge is -2.64. The molecule has 4 aliphatic carbocycles. The average Bonchev–Trinajstić information content (AvgIpc) is 3.44. The van der Waals surface area contributed by atoms with E-state index in [4.69, 9.17) is 18.9 Å². The molecular formula is C23H32F2O5. The molecule has 2 heterocycles. The molecule has 5 fully saturated rings. The number of allylic oxidation sites excluding steroid dienone is 1. The summed E-state index contributed by atoms with van der Waals surface area (Å²) in [6.45, 7) is 5.17. The number of aliphatic hydroxyl groups is 1. The van der Waals surface area contributed by atoms with Crippen molar-refractivity contribution in [3.8, 4) is 0 Å². The first-order chi connectivity index (χ1) is 14.3. The molecule has 168 valence electrons. The van der Waals surface area contributed by atoms with Gasteiger partial charge in [-0.25, -0.2) is 8.78 Å². The van der Waals surface area contributed by atoms with E-state index in [9.17, 15) is 5.11 Å². The van der Waals surface area contributed by atoms with Crippen LogP contribution >= 0.6 is 0 Å². The Morgan fingerprint density at radius 1 is 1.03 bits per heavy atom. The monoisotopic (exact) mass is 426 g/mol. The number of aliphatic hydroxyl groups excluding tert-OH is 1. The van der Waals surface area contributed by atoms with Crippen LogP contribution in [-0.2, 0) is 18.9 Å². The van der Waals surface area contributed by atoms with Gasteiger partial charge in [0, 0.05) is 5.92 Å². The Balaban J connectivity index is 1.53. The number of alkyl halides is 2. The molecule has 1 N–H and O–H groups in total. The van der Waals surface area contributed by atoms with Crippen molar-refractivity contribution in [2.45, 2.75) is 76.0 Å². The molecule has 4 unspecified atom stereocenters. The predicted molar refractivity (Wildman–Crippen MR) is 103 cm³/mol. The Kier molecular flexibility index (Phi) is 4.18. The van der Waals surface area contributed by atoms with Gasteiger partial charge in [-0.15, -0.1) is 0 Å². The van der Waals surface area contributed by atoms with Crippen LogP contribution in [0.1, 0.15) is 46.0 Å². The number of rotatable bonds is 0. The minimum absolute atomic E-state index is 0.00881. The number of ether oxygens (including phenoxy) is 4. The van der Waals surface area contributed by atoms with E-state index >= 15 is 8.78 Å². The van der Waals surface area contributed by atoms with Gasteiger partial charge in [0.05, 0.1) is 37.9 Å². The quantitative estimate of drug-likeness (QED) is 0.603. The van der Waals surface area contributed by atoms with Crippen LogP contribution in [0.5, 0.6) is 0 Å². The normalized spacial score (nSPS) is 53.4. The Morgan fingerprint density at radius 3 is 2.40 bits per heavy atom. The van der Waals surface area contributed by atoms with Crippen LogP contribution in [0.2, 0.25) is 0 Å². The third-order valence-corrected chi connectivity index (χ3v) is 9.62. The fourth-order valence-electron chi connectivity index (χ4n) is 8.38. The summed E-state index contributed by atoms with van der Waals surface area (Å²) in [6, 6.07) is 0. The van der Waals surface area contributed by atoms with Crippen LogP contribution in [0.3, 0.4) is 0 Å². The molecule has 0 aromatic heterocycles. The van der Waals surface area contributed by atoms with E-state index in [1.807, 2.05) is 0 Å². The molecule has 2 spiro atoms. The highest BCUT2D eigenvalue weighted by Crippen LogP contribution is 2.73. The van der Waals surface area contributed by atoms with Gasteiger partial charge in [-0.1, -0.05) is 25.5 Å². The van der Waals surface area contributed by atoms with Crippen LogP contribution in [0.4, 0.5) is 8.78 Å². The summed E-state index contributed by atoms with van der Waals surface area (Å²) in [6.07, 6.45) is 1.90. The molecule has 30 heavy (non-hydrogen) atoms. The summed E-state index contributed by atoms with van der Waals surface area (Å²) in [7, 11) is 0. The Bertz CT molecular complexity index is 761. The van der Waals surface area contributed by atoms with E-state index in [0.717, 1.165) is 6.42 Å². The zero-order valence-electron chi connectivity index (χ0n) is 17.7. The second-order valence-corrected chi connectivity index (χ2v) is 10.7. The van der Waals surface area contributed by atoms with Crippen molar-refractivity contribution >= 4 is 0 Å². The van der Waals surface area contributed by atoms with Crippen molar-refractivity contribution in [2.24, 2.45) is 28.6 Å². The van der Waals surface area contributed by atoms with Crippen molar-refractivity contribution in [3.05, 3.63) is 11.6 Å². The summed E-state index contributed by atoms with van der Waals surface area (Å²) in [5.41, 5.74) is -0.351. The molecule has 8 atom stereocenters. The minimum Gasteiger partial charge on any atom is -0.393 e. The fourth-order valence-corrected chi connectivity index (χ4v) is 8.38. The largest absolute Gasteiger partial charge is 0.393 e. The maximum absolute atomic E-state index is 16.9. The second kappa shape index (κ2) is 6.25. The van der Waals surface area contributed by atoms with Gasteiger partial charge >= 0.3 is 0 Å². The number of hydrogen-bond donors (Lipinski definition) is 1. The van der Waals surface area contributed by atoms with E-state index in [1.54, 1.807) is 6.92 Å². The first-order valence-electron chi connectivity index (χ1n) is 11.5. The Morgan fingerprint density at radius 2 is 1.70 bits per heavy atom. The lowest BCUT2D eigenvalue weighted by molar-refractivity contribution is -0.363. The highest BCUT2D eigenvalue weighted by molar-refractivity contribution is 5.31. The van der Waals surface area contributed by atoms with Crippen molar-refractivity contribution in [3.63, 3.8) is 0 Å². The van der Waals surface area contributed by atoms with Crippen LogP contribution in [0, 0.1) is 28.6 Å². The molecule has 5 nitrogen and oxygen atoms in total. The molecule has 3 saturated carbocycles. The smallest absolute Gasteiger partial charge is 0.208 e. The number of halogens is 2. The third-order valence-electron chi connectivity index (χ3n) is 9.62. The van der Waals surface area contributed by atoms with Crippen LogP contribution in [0.25, 0.3) is 0 Å². The highest BCUT2D eigenvalue weighted by atomic mass is 19.1. The summed E-state index contributed by atoms with van der Waals surface area (Å²) < 4.78 is 56.6. The molecule has 7 heteroatoms. The average molecular weight is 427 g/mol. The fraction of sp³-hybridized carbons (Fsp3) is 0.913. The van der Waals surface area contributed by atoms with Gasteiger partial charge in [0.25, 0.3) is 0 Å². The molecule has 6 rings (SSSR count). The first-order valence-corrected chi connectivity index (χ1v) is 11.5.